The van der Waals surface area contributed by atoms with Gasteiger partial charge < -0.3 is 5.73 Å². The lowest BCUT2D eigenvalue weighted by molar-refractivity contribution is 0.111. The van der Waals surface area contributed by atoms with Gasteiger partial charge in [0.05, 0.1) is 12.1 Å². The maximum absolute atomic E-state index is 12.9. The van der Waals surface area contributed by atoms with Crippen LogP contribution in [0, 0.1) is 17.7 Å². The lowest BCUT2D eigenvalue weighted by atomic mass is 10.1. The Morgan fingerprint density at radius 1 is 1.54 bits per heavy atom. The van der Waals surface area contributed by atoms with Crippen molar-refractivity contribution in [3.05, 3.63) is 35.1 Å². The average molecular weight is 177 g/mol. The van der Waals surface area contributed by atoms with Crippen LogP contribution in [-0.4, -0.2) is 12.8 Å². The van der Waals surface area contributed by atoms with E-state index in [2.05, 4.69) is 11.8 Å². The first-order valence-corrected chi connectivity index (χ1v) is 3.72. The van der Waals surface area contributed by atoms with Gasteiger partial charge in [-0.15, -0.1) is 0 Å². The van der Waals surface area contributed by atoms with Crippen LogP contribution in [0.1, 0.15) is 15.9 Å². The normalized spacial score (nSPS) is 8.77. The van der Waals surface area contributed by atoms with Gasteiger partial charge >= 0.3 is 0 Å². The number of rotatable bonds is 1. The molecule has 0 spiro atoms. The monoisotopic (exact) mass is 177 g/mol. The van der Waals surface area contributed by atoms with Crippen LogP contribution >= 0.6 is 0 Å². The smallest absolute Gasteiger partial charge is 0.154 e. The van der Waals surface area contributed by atoms with Crippen molar-refractivity contribution in [2.45, 2.75) is 0 Å². The maximum Gasteiger partial charge on any atom is 0.154 e. The summed E-state index contributed by atoms with van der Waals surface area (Å²) in [7, 11) is 0. The fourth-order valence-corrected chi connectivity index (χ4v) is 0.912. The second kappa shape index (κ2) is 4.39. The Hall–Kier alpha value is -1.66. The van der Waals surface area contributed by atoms with Gasteiger partial charge in [-0.25, -0.2) is 4.39 Å². The molecule has 0 radical (unpaired) electrons. The lowest BCUT2D eigenvalue weighted by Gasteiger charge is -1.96. The minimum absolute atomic E-state index is 0.0107. The molecule has 1 rings (SSSR count). The van der Waals surface area contributed by atoms with E-state index in [0.29, 0.717) is 11.8 Å². The van der Waals surface area contributed by atoms with Crippen molar-refractivity contribution >= 4 is 6.29 Å². The maximum atomic E-state index is 12.9. The summed E-state index contributed by atoms with van der Waals surface area (Å²) in [5.74, 6) is 4.62. The summed E-state index contributed by atoms with van der Waals surface area (Å²) in [5.41, 5.74) is 5.51. The highest BCUT2D eigenvalue weighted by Gasteiger charge is 2.03. The molecule has 0 fully saturated rings. The molecule has 0 saturated heterocycles. The Bertz CT molecular complexity index is 376. The van der Waals surface area contributed by atoms with Crippen LogP contribution in [0.25, 0.3) is 0 Å². The van der Waals surface area contributed by atoms with Crippen LogP contribution in [0.15, 0.2) is 18.2 Å². The predicted molar refractivity (Wildman–Crippen MR) is 47.7 cm³/mol. The molecule has 13 heavy (non-hydrogen) atoms. The van der Waals surface area contributed by atoms with Crippen LogP contribution in [0.2, 0.25) is 0 Å². The third-order valence-electron chi connectivity index (χ3n) is 1.50. The molecule has 66 valence electrons. The fourth-order valence-electron chi connectivity index (χ4n) is 0.912. The van der Waals surface area contributed by atoms with Gasteiger partial charge in [-0.05, 0) is 12.1 Å². The molecule has 0 unspecified atom stereocenters. The number of benzene rings is 1. The van der Waals surface area contributed by atoms with Crippen molar-refractivity contribution in [1.82, 2.24) is 0 Å². The van der Waals surface area contributed by atoms with Gasteiger partial charge in [0.15, 0.2) is 6.29 Å². The molecule has 0 atom stereocenters. The molecule has 2 nitrogen and oxygen atoms in total. The topological polar surface area (TPSA) is 43.1 Å². The first kappa shape index (κ1) is 9.43. The Labute approximate surface area is 75.6 Å². The summed E-state index contributed by atoms with van der Waals surface area (Å²) in [6.45, 7) is 0.189. The number of hydrogen-bond acceptors (Lipinski definition) is 2. The van der Waals surface area contributed by atoms with Crippen LogP contribution in [0.5, 0.6) is 0 Å². The molecule has 2 N–H and O–H groups in total. The van der Waals surface area contributed by atoms with Crippen molar-refractivity contribution in [3.8, 4) is 11.8 Å². The molecule has 0 heterocycles. The molecule has 0 aromatic heterocycles. The van der Waals surface area contributed by atoms with Crippen molar-refractivity contribution < 1.29 is 9.18 Å². The quantitative estimate of drug-likeness (QED) is 0.512. The zero-order valence-electron chi connectivity index (χ0n) is 6.88. The van der Waals surface area contributed by atoms with E-state index in [0.717, 1.165) is 0 Å². The van der Waals surface area contributed by atoms with E-state index in [1.165, 1.54) is 12.1 Å². The van der Waals surface area contributed by atoms with Crippen molar-refractivity contribution in [2.75, 3.05) is 6.54 Å². The summed E-state index contributed by atoms with van der Waals surface area (Å²) in [5, 5.41) is 0. The molecular formula is C10H8FNO. The van der Waals surface area contributed by atoms with E-state index >= 15 is 0 Å². The molecule has 0 bridgehead atoms. The number of nitrogens with two attached hydrogens (primary N) is 1. The first-order chi connectivity index (χ1) is 6.29. The molecular weight excluding hydrogens is 169 g/mol. The van der Waals surface area contributed by atoms with Gasteiger partial charge in [-0.1, -0.05) is 17.9 Å². The summed E-state index contributed by atoms with van der Waals surface area (Å²) in [4.78, 5) is 10.5. The predicted octanol–water partition coefficient (Wildman–Crippen LogP) is 0.948. The van der Waals surface area contributed by atoms with Crippen LogP contribution in [0.4, 0.5) is 4.39 Å². The second-order valence-electron chi connectivity index (χ2n) is 2.32. The number of hydrogen-bond donors (Lipinski definition) is 1. The molecule has 1 aromatic carbocycles. The second-order valence-corrected chi connectivity index (χ2v) is 2.32. The minimum atomic E-state index is -0.557. The first-order valence-electron chi connectivity index (χ1n) is 3.72. The molecule has 3 heteroatoms. The highest BCUT2D eigenvalue weighted by Crippen LogP contribution is 2.09. The van der Waals surface area contributed by atoms with Gasteiger partial charge in [0.1, 0.15) is 5.82 Å². The SMILES string of the molecule is NCC#Cc1cccc(F)c1C=O. The van der Waals surface area contributed by atoms with Crippen LogP contribution < -0.4 is 5.73 Å². The van der Waals surface area contributed by atoms with E-state index < -0.39 is 5.82 Å². The average Bonchev–Trinajstić information content (AvgIpc) is 2.15. The van der Waals surface area contributed by atoms with E-state index in [4.69, 9.17) is 5.73 Å². The summed E-state index contributed by atoms with van der Waals surface area (Å²) >= 11 is 0. The Morgan fingerprint density at radius 2 is 2.31 bits per heavy atom. The number of carbonyl (C=O) groups excluding carboxylic acids is 1. The van der Waals surface area contributed by atoms with Gasteiger partial charge in [-0.2, -0.15) is 0 Å². The summed E-state index contributed by atoms with van der Waals surface area (Å²) < 4.78 is 12.9. The fraction of sp³-hybridized carbons (Fsp3) is 0.100. The molecule has 0 aliphatic heterocycles. The summed E-state index contributed by atoms with van der Waals surface area (Å²) in [6.07, 6.45) is 0.454. The van der Waals surface area contributed by atoms with Gasteiger partial charge in [0.25, 0.3) is 0 Å². The lowest BCUT2D eigenvalue weighted by Crippen LogP contribution is -1.95. The Morgan fingerprint density at radius 3 is 2.92 bits per heavy atom. The Kier molecular flexibility index (Phi) is 3.18. The van der Waals surface area contributed by atoms with Crippen molar-refractivity contribution in [1.29, 1.82) is 0 Å². The summed E-state index contributed by atoms with van der Waals surface area (Å²) in [6, 6.07) is 4.30. The molecule has 0 aliphatic carbocycles. The number of carbonyl (C=O) groups is 1. The van der Waals surface area contributed by atoms with E-state index in [-0.39, 0.29) is 12.1 Å². The minimum Gasteiger partial charge on any atom is -0.320 e. The van der Waals surface area contributed by atoms with Gasteiger partial charge in [0, 0.05) is 5.56 Å². The zero-order valence-corrected chi connectivity index (χ0v) is 6.88. The van der Waals surface area contributed by atoms with Crippen molar-refractivity contribution in [3.63, 3.8) is 0 Å². The van der Waals surface area contributed by atoms with Crippen LogP contribution in [-0.2, 0) is 0 Å². The van der Waals surface area contributed by atoms with Gasteiger partial charge in [-0.3, -0.25) is 4.79 Å². The zero-order chi connectivity index (χ0) is 9.68. The third kappa shape index (κ3) is 2.14. The van der Waals surface area contributed by atoms with Crippen molar-refractivity contribution in [2.24, 2.45) is 5.73 Å². The Balaban J connectivity index is 3.20. The largest absolute Gasteiger partial charge is 0.320 e. The van der Waals surface area contributed by atoms with E-state index in [1.807, 2.05) is 0 Å². The molecule has 0 amide bonds. The molecule has 0 saturated carbocycles. The van der Waals surface area contributed by atoms with E-state index in [1.54, 1.807) is 6.07 Å². The highest BCUT2D eigenvalue weighted by atomic mass is 19.1. The van der Waals surface area contributed by atoms with Crippen LogP contribution in [0.3, 0.4) is 0 Å². The molecule has 0 aliphatic rings. The number of aldehydes is 1. The van der Waals surface area contributed by atoms with E-state index in [9.17, 15) is 9.18 Å². The number of halogens is 1. The molecule has 1 aromatic rings. The highest BCUT2D eigenvalue weighted by molar-refractivity contribution is 5.79. The van der Waals surface area contributed by atoms with Gasteiger partial charge in [0.2, 0.25) is 0 Å². The third-order valence-corrected chi connectivity index (χ3v) is 1.50. The standard InChI is InChI=1S/C10H8FNO/c11-10-5-1-3-8(4-2-6-12)9(10)7-13/h1,3,5,7H,6,12H2.